The molecule has 2 N–H and O–H groups in total. The second kappa shape index (κ2) is 7.42. The van der Waals surface area contributed by atoms with Crippen LogP contribution in [0.2, 0.25) is 0 Å². The standard InChI is InChI=1S/C14H23NO/c1-3-4-5-12-6-8-13(9-7-12)14(15-2)10-11-16/h6-9,14-16H,3-5,10-11H2,1-2H3. The van der Waals surface area contributed by atoms with Crippen LogP contribution in [0.4, 0.5) is 0 Å². The first kappa shape index (κ1) is 13.2. The van der Waals surface area contributed by atoms with Crippen molar-refractivity contribution in [1.82, 2.24) is 5.32 Å². The number of rotatable bonds is 7. The maximum Gasteiger partial charge on any atom is 0.0449 e. The lowest BCUT2D eigenvalue weighted by Crippen LogP contribution is -2.17. The van der Waals surface area contributed by atoms with Crippen LogP contribution in [0.25, 0.3) is 0 Å². The monoisotopic (exact) mass is 221 g/mol. The largest absolute Gasteiger partial charge is 0.396 e. The zero-order valence-corrected chi connectivity index (χ0v) is 10.4. The molecule has 0 aromatic heterocycles. The predicted molar refractivity (Wildman–Crippen MR) is 68.6 cm³/mol. The van der Waals surface area contributed by atoms with Gasteiger partial charge in [-0.05, 0) is 37.4 Å². The van der Waals surface area contributed by atoms with Crippen molar-refractivity contribution in [3.05, 3.63) is 35.4 Å². The molecule has 0 bridgehead atoms. The summed E-state index contributed by atoms with van der Waals surface area (Å²) in [6.07, 6.45) is 4.43. The predicted octanol–water partition coefficient (Wildman–Crippen LogP) is 2.67. The number of hydrogen-bond acceptors (Lipinski definition) is 2. The molecule has 0 aliphatic heterocycles. The Bertz CT molecular complexity index is 281. The molecule has 1 aromatic rings. The fourth-order valence-electron chi connectivity index (χ4n) is 1.90. The quantitative estimate of drug-likeness (QED) is 0.742. The van der Waals surface area contributed by atoms with Crippen molar-refractivity contribution < 1.29 is 5.11 Å². The number of aryl methyl sites for hydroxylation is 1. The van der Waals surface area contributed by atoms with Crippen molar-refractivity contribution in [2.24, 2.45) is 0 Å². The van der Waals surface area contributed by atoms with Crippen LogP contribution in [-0.2, 0) is 6.42 Å². The van der Waals surface area contributed by atoms with Gasteiger partial charge in [0.1, 0.15) is 0 Å². The van der Waals surface area contributed by atoms with E-state index in [-0.39, 0.29) is 12.6 Å². The topological polar surface area (TPSA) is 32.3 Å². The summed E-state index contributed by atoms with van der Waals surface area (Å²) in [7, 11) is 1.94. The van der Waals surface area contributed by atoms with E-state index in [1.165, 1.54) is 30.4 Å². The van der Waals surface area contributed by atoms with Crippen molar-refractivity contribution in [3.63, 3.8) is 0 Å². The van der Waals surface area contributed by atoms with Gasteiger partial charge in [0.15, 0.2) is 0 Å². The van der Waals surface area contributed by atoms with Gasteiger partial charge in [-0.15, -0.1) is 0 Å². The van der Waals surface area contributed by atoms with Gasteiger partial charge < -0.3 is 10.4 Å². The molecule has 0 spiro atoms. The van der Waals surface area contributed by atoms with E-state index >= 15 is 0 Å². The van der Waals surface area contributed by atoms with Gasteiger partial charge in [0, 0.05) is 12.6 Å². The van der Waals surface area contributed by atoms with Gasteiger partial charge >= 0.3 is 0 Å². The van der Waals surface area contributed by atoms with E-state index in [4.69, 9.17) is 5.11 Å². The molecule has 0 radical (unpaired) electrons. The Kier molecular flexibility index (Phi) is 6.12. The lowest BCUT2D eigenvalue weighted by Gasteiger charge is -2.15. The number of unbranched alkanes of at least 4 members (excludes halogenated alkanes) is 1. The lowest BCUT2D eigenvalue weighted by molar-refractivity contribution is 0.269. The van der Waals surface area contributed by atoms with Crippen LogP contribution in [0.3, 0.4) is 0 Å². The van der Waals surface area contributed by atoms with Crippen molar-refractivity contribution in [2.75, 3.05) is 13.7 Å². The molecular formula is C14H23NO. The molecule has 16 heavy (non-hydrogen) atoms. The highest BCUT2D eigenvalue weighted by molar-refractivity contribution is 5.25. The van der Waals surface area contributed by atoms with Gasteiger partial charge in [-0.25, -0.2) is 0 Å². The van der Waals surface area contributed by atoms with E-state index in [9.17, 15) is 0 Å². The first-order valence-electron chi connectivity index (χ1n) is 6.18. The zero-order chi connectivity index (χ0) is 11.8. The number of nitrogens with one attached hydrogen (secondary N) is 1. The van der Waals surface area contributed by atoms with Gasteiger partial charge in [-0.1, -0.05) is 37.6 Å². The molecular weight excluding hydrogens is 198 g/mol. The second-order valence-electron chi connectivity index (χ2n) is 4.20. The van der Waals surface area contributed by atoms with E-state index < -0.39 is 0 Å². The number of aliphatic hydroxyl groups is 1. The summed E-state index contributed by atoms with van der Waals surface area (Å²) in [5.74, 6) is 0. The van der Waals surface area contributed by atoms with E-state index in [0.717, 1.165) is 6.42 Å². The van der Waals surface area contributed by atoms with Crippen molar-refractivity contribution in [1.29, 1.82) is 0 Å². The molecule has 0 aliphatic carbocycles. The van der Waals surface area contributed by atoms with Crippen molar-refractivity contribution >= 4 is 0 Å². The zero-order valence-electron chi connectivity index (χ0n) is 10.4. The Balaban J connectivity index is 2.61. The van der Waals surface area contributed by atoms with Gasteiger partial charge in [0.25, 0.3) is 0 Å². The third-order valence-corrected chi connectivity index (χ3v) is 2.97. The SMILES string of the molecule is CCCCc1ccc(C(CCO)NC)cc1. The normalized spacial score (nSPS) is 12.7. The Labute approximate surface area is 98.7 Å². The number of aliphatic hydroxyl groups excluding tert-OH is 1. The van der Waals surface area contributed by atoms with Crippen LogP contribution < -0.4 is 5.32 Å². The molecule has 0 saturated carbocycles. The third-order valence-electron chi connectivity index (χ3n) is 2.97. The Hall–Kier alpha value is -0.860. The smallest absolute Gasteiger partial charge is 0.0449 e. The average Bonchev–Trinajstić information content (AvgIpc) is 2.34. The second-order valence-corrected chi connectivity index (χ2v) is 4.20. The van der Waals surface area contributed by atoms with Gasteiger partial charge in [0.05, 0.1) is 0 Å². The van der Waals surface area contributed by atoms with Crippen LogP contribution >= 0.6 is 0 Å². The fraction of sp³-hybridized carbons (Fsp3) is 0.571. The molecule has 90 valence electrons. The molecule has 1 rings (SSSR count). The molecule has 1 aromatic carbocycles. The van der Waals surface area contributed by atoms with E-state index in [0.29, 0.717) is 0 Å². The van der Waals surface area contributed by atoms with E-state index in [1.54, 1.807) is 0 Å². The minimum absolute atomic E-state index is 0.225. The fourth-order valence-corrected chi connectivity index (χ4v) is 1.90. The van der Waals surface area contributed by atoms with Gasteiger partial charge in [-0.2, -0.15) is 0 Å². The van der Waals surface area contributed by atoms with Crippen LogP contribution in [0.1, 0.15) is 43.4 Å². The Morgan fingerprint density at radius 1 is 1.25 bits per heavy atom. The van der Waals surface area contributed by atoms with E-state index in [2.05, 4.69) is 36.5 Å². The number of hydrogen-bond donors (Lipinski definition) is 2. The summed E-state index contributed by atoms with van der Waals surface area (Å²) >= 11 is 0. The molecule has 1 unspecified atom stereocenters. The average molecular weight is 221 g/mol. The minimum Gasteiger partial charge on any atom is -0.396 e. The van der Waals surface area contributed by atoms with E-state index in [1.807, 2.05) is 7.05 Å². The van der Waals surface area contributed by atoms with Crippen LogP contribution in [0, 0.1) is 0 Å². The summed E-state index contributed by atoms with van der Waals surface area (Å²) in [5.41, 5.74) is 2.67. The first-order chi connectivity index (χ1) is 7.81. The Morgan fingerprint density at radius 3 is 2.44 bits per heavy atom. The van der Waals surface area contributed by atoms with Gasteiger partial charge in [-0.3, -0.25) is 0 Å². The molecule has 0 amide bonds. The van der Waals surface area contributed by atoms with Gasteiger partial charge in [0.2, 0.25) is 0 Å². The number of benzene rings is 1. The van der Waals surface area contributed by atoms with Crippen molar-refractivity contribution in [3.8, 4) is 0 Å². The highest BCUT2D eigenvalue weighted by Gasteiger charge is 2.07. The summed E-state index contributed by atoms with van der Waals surface area (Å²) in [6.45, 7) is 2.44. The first-order valence-corrected chi connectivity index (χ1v) is 6.18. The third kappa shape index (κ3) is 3.95. The molecule has 0 saturated heterocycles. The minimum atomic E-state index is 0.225. The lowest BCUT2D eigenvalue weighted by atomic mass is 10.0. The molecule has 1 atom stereocenters. The van der Waals surface area contributed by atoms with Crippen molar-refractivity contribution in [2.45, 2.75) is 38.6 Å². The Morgan fingerprint density at radius 2 is 1.94 bits per heavy atom. The highest BCUT2D eigenvalue weighted by atomic mass is 16.3. The molecule has 0 heterocycles. The molecule has 0 fully saturated rings. The molecule has 2 nitrogen and oxygen atoms in total. The molecule has 2 heteroatoms. The maximum absolute atomic E-state index is 8.96. The van der Waals surface area contributed by atoms with Crippen LogP contribution in [-0.4, -0.2) is 18.8 Å². The summed E-state index contributed by atoms with van der Waals surface area (Å²) in [4.78, 5) is 0. The molecule has 0 aliphatic rings. The summed E-state index contributed by atoms with van der Waals surface area (Å²) in [5, 5.41) is 12.2. The summed E-state index contributed by atoms with van der Waals surface area (Å²) in [6, 6.07) is 9.01. The van der Waals surface area contributed by atoms with Crippen LogP contribution in [0.5, 0.6) is 0 Å². The van der Waals surface area contributed by atoms with Crippen LogP contribution in [0.15, 0.2) is 24.3 Å². The maximum atomic E-state index is 8.96. The summed E-state index contributed by atoms with van der Waals surface area (Å²) < 4.78 is 0. The highest BCUT2D eigenvalue weighted by Crippen LogP contribution is 2.17.